The molecule has 2 heterocycles. The fourth-order valence-corrected chi connectivity index (χ4v) is 0.708. The first-order chi connectivity index (χ1) is 2.97. The molecule has 0 aliphatic carbocycles. The van der Waals surface area contributed by atoms with Gasteiger partial charge >= 0.3 is 6.35 Å². The maximum atomic E-state index is 4.88. The summed E-state index contributed by atoms with van der Waals surface area (Å²) in [6, 6.07) is 0. The van der Waals surface area contributed by atoms with Gasteiger partial charge in [0.2, 0.25) is 0 Å². The van der Waals surface area contributed by atoms with Crippen LogP contribution in [-0.4, -0.2) is 19.4 Å². The summed E-state index contributed by atoms with van der Waals surface area (Å²) in [6.07, 6.45) is 0.296. The zero-order valence-electron chi connectivity index (χ0n) is 3.35. The molecule has 2 aliphatic heterocycles. The third kappa shape index (κ3) is 0.228. The van der Waals surface area contributed by atoms with Crippen LogP contribution in [0.15, 0.2) is 0 Å². The topological polar surface area (TPSA) is 30.5 Å². The Morgan fingerprint density at radius 3 is 3.00 bits per heavy atom. The van der Waals surface area contributed by atoms with Crippen LogP contribution >= 0.6 is 0 Å². The highest BCUT2D eigenvalue weighted by Crippen LogP contribution is 2.15. The van der Waals surface area contributed by atoms with E-state index in [1.54, 1.807) is 0 Å². The van der Waals surface area contributed by atoms with Crippen LogP contribution in [0.3, 0.4) is 0 Å². The van der Waals surface area contributed by atoms with Crippen LogP contribution in [0.4, 0.5) is 0 Å². The number of nitrogens with zero attached hydrogens (tertiary/aromatic N) is 1. The molecule has 2 fully saturated rings. The predicted molar refractivity (Wildman–Crippen MR) is 19.9 cm³/mol. The van der Waals surface area contributed by atoms with Crippen LogP contribution in [0, 0.1) is 0 Å². The van der Waals surface area contributed by atoms with E-state index in [2.05, 4.69) is 5.32 Å². The number of fused-ring (bicyclic) bond motifs is 1. The molecule has 2 atom stereocenters. The third-order valence-corrected chi connectivity index (χ3v) is 1.10. The van der Waals surface area contributed by atoms with Gasteiger partial charge in [0.05, 0.1) is 11.6 Å². The lowest BCUT2D eigenvalue weighted by atomic mass is 10.7. The van der Waals surface area contributed by atoms with Gasteiger partial charge in [-0.1, -0.05) is 4.84 Å². The third-order valence-electron chi connectivity index (χ3n) is 1.10. The standard InChI is InChI=1S/C3H6N2O/c1-2-5-3(4-1)6-5/h3-4H,1-2H2/q+1. The highest BCUT2D eigenvalue weighted by Gasteiger charge is 2.56. The molecule has 6 heavy (non-hydrogen) atoms. The molecule has 0 spiro atoms. The van der Waals surface area contributed by atoms with E-state index in [1.165, 1.54) is 0 Å². The maximum absolute atomic E-state index is 4.88. The molecule has 1 N–H and O–H groups in total. The molecule has 1 radical (unpaired) electrons. The smallest absolute Gasteiger partial charge is 0.226 e. The first-order valence-corrected chi connectivity index (χ1v) is 2.13. The Hall–Kier alpha value is -0.120. The van der Waals surface area contributed by atoms with E-state index in [0.29, 0.717) is 6.35 Å². The van der Waals surface area contributed by atoms with Gasteiger partial charge in [-0.05, 0) is 0 Å². The lowest BCUT2D eigenvalue weighted by Gasteiger charge is -1.73. The Labute approximate surface area is 35.8 Å². The second-order valence-corrected chi connectivity index (χ2v) is 1.55. The van der Waals surface area contributed by atoms with Crippen LogP contribution < -0.4 is 10.4 Å². The minimum atomic E-state index is 0.296. The number of rotatable bonds is 0. The van der Waals surface area contributed by atoms with Crippen LogP contribution in [0.5, 0.6) is 0 Å². The van der Waals surface area contributed by atoms with Gasteiger partial charge in [-0.2, -0.15) is 0 Å². The van der Waals surface area contributed by atoms with Crippen molar-refractivity contribution in [2.24, 2.45) is 0 Å². The molecule has 3 heteroatoms. The first kappa shape index (κ1) is 2.96. The Balaban J connectivity index is 2.09. The van der Waals surface area contributed by atoms with E-state index >= 15 is 0 Å². The Bertz CT molecular complexity index is 67.2. The summed E-state index contributed by atoms with van der Waals surface area (Å²) in [4.78, 5) is 4.88. The predicted octanol–water partition coefficient (Wildman–Crippen LogP) is -1.04. The molecule has 0 amide bonds. The minimum absolute atomic E-state index is 0.296. The molecule has 0 aromatic rings. The van der Waals surface area contributed by atoms with Crippen LogP contribution in [0.2, 0.25) is 0 Å². The number of hydroxylamine groups is 2. The van der Waals surface area contributed by atoms with Gasteiger partial charge in [0.1, 0.15) is 0 Å². The number of hydrogen-bond acceptors (Lipinski definition) is 3. The van der Waals surface area contributed by atoms with Crippen molar-refractivity contribution >= 4 is 0 Å². The number of nitrogens with one attached hydrogen (secondary N) is 1. The Morgan fingerprint density at radius 2 is 2.83 bits per heavy atom. The molecule has 2 unspecified atom stereocenters. The Kier molecular flexibility index (Phi) is 0.371. The van der Waals surface area contributed by atoms with Crippen LogP contribution in [0.25, 0.3) is 0 Å². The summed E-state index contributed by atoms with van der Waals surface area (Å²) in [5.41, 5.74) is 0. The summed E-state index contributed by atoms with van der Waals surface area (Å²) in [5.74, 6) is 0. The lowest BCUT2D eigenvalue weighted by molar-refractivity contribution is 0.251. The van der Waals surface area contributed by atoms with Gasteiger partial charge in [-0.15, -0.1) is 0 Å². The molecule has 33 valence electrons. The highest BCUT2D eigenvalue weighted by atomic mass is 16.9. The quantitative estimate of drug-likeness (QED) is 0.301. The lowest BCUT2D eigenvalue weighted by Crippen LogP contribution is -2.12. The van der Waals surface area contributed by atoms with E-state index in [-0.39, 0.29) is 0 Å². The van der Waals surface area contributed by atoms with Gasteiger partial charge in [0.15, 0.2) is 6.54 Å². The Morgan fingerprint density at radius 1 is 1.83 bits per heavy atom. The first-order valence-electron chi connectivity index (χ1n) is 2.13. The molecule has 2 saturated heterocycles. The molecule has 2 rings (SSSR count). The molecule has 2 aliphatic rings. The molecule has 3 nitrogen and oxygen atoms in total. The zero-order valence-corrected chi connectivity index (χ0v) is 3.35. The summed E-state index contributed by atoms with van der Waals surface area (Å²) in [5, 5.41) is 5.01. The minimum Gasteiger partial charge on any atom is -0.226 e. The summed E-state index contributed by atoms with van der Waals surface area (Å²) in [6.45, 7) is 2.15. The van der Waals surface area contributed by atoms with E-state index in [9.17, 15) is 0 Å². The molecule has 0 saturated carbocycles. The van der Waals surface area contributed by atoms with Crippen molar-refractivity contribution in [1.29, 1.82) is 0 Å². The average Bonchev–Trinajstić information content (AvgIpc) is 2.17. The van der Waals surface area contributed by atoms with Crippen LogP contribution in [-0.2, 0) is 4.84 Å². The van der Waals surface area contributed by atoms with Crippen LogP contribution in [0.1, 0.15) is 0 Å². The number of hydrogen-bond donors (Lipinski definition) is 1. The van der Waals surface area contributed by atoms with Crippen molar-refractivity contribution < 1.29 is 4.84 Å². The SMILES string of the molecule is C1C[N+]2OC2N1. The van der Waals surface area contributed by atoms with Crippen molar-refractivity contribution in [3.63, 3.8) is 0 Å². The van der Waals surface area contributed by atoms with Gasteiger partial charge in [-0.25, -0.2) is 5.32 Å². The molecule has 0 bridgehead atoms. The van der Waals surface area contributed by atoms with Gasteiger partial charge in [0, 0.05) is 0 Å². The van der Waals surface area contributed by atoms with Crippen molar-refractivity contribution in [2.75, 3.05) is 13.1 Å². The fraction of sp³-hybridized carbons (Fsp3) is 1.00. The molecular weight excluding hydrogens is 80.0 g/mol. The van der Waals surface area contributed by atoms with Crippen molar-refractivity contribution in [1.82, 2.24) is 10.4 Å². The monoisotopic (exact) mass is 86.0 g/mol. The van der Waals surface area contributed by atoms with Crippen molar-refractivity contribution in [2.45, 2.75) is 6.35 Å². The largest absolute Gasteiger partial charge is 0.386 e. The second-order valence-electron chi connectivity index (χ2n) is 1.55. The van der Waals surface area contributed by atoms with Gasteiger partial charge in [-0.3, -0.25) is 0 Å². The van der Waals surface area contributed by atoms with E-state index in [4.69, 9.17) is 4.84 Å². The fourth-order valence-electron chi connectivity index (χ4n) is 0.708. The maximum Gasteiger partial charge on any atom is 0.386 e. The average molecular weight is 86.1 g/mol. The van der Waals surface area contributed by atoms with E-state index in [0.717, 1.165) is 13.1 Å². The molecular formula is C3H6N2O+. The molecule has 0 aromatic carbocycles. The van der Waals surface area contributed by atoms with E-state index < -0.39 is 0 Å². The van der Waals surface area contributed by atoms with Crippen molar-refractivity contribution in [3.05, 3.63) is 0 Å². The van der Waals surface area contributed by atoms with Gasteiger partial charge < -0.3 is 0 Å². The zero-order chi connectivity index (χ0) is 3.98. The normalized spacial score (nSPS) is 52.0. The summed E-state index contributed by atoms with van der Waals surface area (Å²) in [7, 11) is 0. The highest BCUT2D eigenvalue weighted by molar-refractivity contribution is 4.77. The van der Waals surface area contributed by atoms with Gasteiger partial charge in [0.25, 0.3) is 0 Å². The van der Waals surface area contributed by atoms with E-state index in [1.807, 2.05) is 5.06 Å². The second kappa shape index (κ2) is 0.753. The summed E-state index contributed by atoms with van der Waals surface area (Å²) >= 11 is 0. The van der Waals surface area contributed by atoms with Crippen molar-refractivity contribution in [3.8, 4) is 0 Å². The molecule has 0 aromatic heterocycles. The summed E-state index contributed by atoms with van der Waals surface area (Å²) < 4.78 is 0.